The van der Waals surface area contributed by atoms with Gasteiger partial charge in [-0.2, -0.15) is 0 Å². The van der Waals surface area contributed by atoms with Gasteiger partial charge in [0.05, 0.1) is 0 Å². The minimum absolute atomic E-state index is 0. The summed E-state index contributed by atoms with van der Waals surface area (Å²) in [6.45, 7) is 6.36. The van der Waals surface area contributed by atoms with Gasteiger partial charge in [-0.25, -0.2) is 0 Å². The number of nitrogens with one attached hydrogen (secondary N) is 1. The Morgan fingerprint density at radius 1 is 1.00 bits per heavy atom. The fraction of sp³-hybridized carbons (Fsp3) is 0.950. The number of hydrogen-bond donors (Lipinski definition) is 1. The topological polar surface area (TPSA) is 30.9 Å². The molecule has 0 aromatic heterocycles. The number of likely N-dealkylation sites (tertiary alicyclic amines) is 2. The molecule has 4 rings (SSSR count). The lowest BCUT2D eigenvalue weighted by Crippen LogP contribution is -2.42. The van der Waals surface area contributed by atoms with Crippen molar-refractivity contribution in [2.75, 3.05) is 39.8 Å². The van der Waals surface area contributed by atoms with Gasteiger partial charge in [0, 0.05) is 32.7 Å². The smallest absolute Gasteiger partial charge is 0.193 e. The highest BCUT2D eigenvalue weighted by molar-refractivity contribution is 14.0. The Hall–Kier alpha value is -0.0400. The highest BCUT2D eigenvalue weighted by Crippen LogP contribution is 2.44. The van der Waals surface area contributed by atoms with Crippen LogP contribution in [-0.4, -0.2) is 61.6 Å². The van der Waals surface area contributed by atoms with Gasteiger partial charge in [-0.15, -0.1) is 24.0 Å². The molecule has 0 amide bonds. The minimum atomic E-state index is 0. The summed E-state index contributed by atoms with van der Waals surface area (Å²) in [5.41, 5.74) is 0. The average molecular weight is 460 g/mol. The van der Waals surface area contributed by atoms with E-state index in [2.05, 4.69) is 20.1 Å². The first kappa shape index (κ1) is 19.7. The van der Waals surface area contributed by atoms with Crippen LogP contribution in [0.4, 0.5) is 0 Å². The zero-order valence-electron chi connectivity index (χ0n) is 16.0. The van der Waals surface area contributed by atoms with Crippen molar-refractivity contribution in [1.82, 2.24) is 15.1 Å². The predicted molar refractivity (Wildman–Crippen MR) is 116 cm³/mol. The quantitative estimate of drug-likeness (QED) is 0.396. The van der Waals surface area contributed by atoms with E-state index in [-0.39, 0.29) is 24.0 Å². The third-order valence-electron chi connectivity index (χ3n) is 6.92. The van der Waals surface area contributed by atoms with Crippen LogP contribution in [0.1, 0.15) is 57.8 Å². The molecular formula is C20H37IN4. The van der Waals surface area contributed by atoms with E-state index in [0.29, 0.717) is 6.04 Å². The fourth-order valence-corrected chi connectivity index (χ4v) is 5.43. The molecule has 5 heteroatoms. The first-order valence-electron chi connectivity index (χ1n) is 10.5. The molecule has 4 nitrogen and oxygen atoms in total. The Labute approximate surface area is 171 Å². The lowest BCUT2D eigenvalue weighted by Gasteiger charge is -2.25. The van der Waals surface area contributed by atoms with Crippen molar-refractivity contribution in [3.63, 3.8) is 0 Å². The number of guanidine groups is 1. The molecule has 2 heterocycles. The van der Waals surface area contributed by atoms with Gasteiger partial charge in [-0.1, -0.05) is 32.1 Å². The lowest BCUT2D eigenvalue weighted by molar-refractivity contribution is 0.280. The Bertz CT molecular complexity index is 443. The molecular weight excluding hydrogens is 423 g/mol. The lowest BCUT2D eigenvalue weighted by atomic mass is 9.85. The molecule has 2 saturated heterocycles. The van der Waals surface area contributed by atoms with E-state index in [4.69, 9.17) is 0 Å². The Morgan fingerprint density at radius 3 is 2.48 bits per heavy atom. The van der Waals surface area contributed by atoms with Crippen molar-refractivity contribution < 1.29 is 0 Å². The van der Waals surface area contributed by atoms with Crippen LogP contribution in [0.5, 0.6) is 0 Å². The second-order valence-corrected chi connectivity index (χ2v) is 8.70. The SMILES string of the molecule is CN=C(NC1CC1C1CCCCC1)N1CCC(CN2CCCC2)C1.I. The molecule has 0 radical (unpaired) electrons. The maximum absolute atomic E-state index is 4.61. The second-order valence-electron chi connectivity index (χ2n) is 8.70. The van der Waals surface area contributed by atoms with Crippen LogP contribution in [0.3, 0.4) is 0 Å². The maximum Gasteiger partial charge on any atom is 0.193 e. The van der Waals surface area contributed by atoms with Crippen LogP contribution in [0, 0.1) is 17.8 Å². The highest BCUT2D eigenvalue weighted by Gasteiger charge is 2.44. The van der Waals surface area contributed by atoms with Gasteiger partial charge >= 0.3 is 0 Å². The molecule has 3 atom stereocenters. The number of halogens is 1. The van der Waals surface area contributed by atoms with Crippen molar-refractivity contribution in [3.05, 3.63) is 0 Å². The summed E-state index contributed by atoms with van der Waals surface area (Å²) in [5.74, 6) is 3.96. The summed E-state index contributed by atoms with van der Waals surface area (Å²) in [5, 5.41) is 3.81. The molecule has 3 unspecified atom stereocenters. The molecule has 0 aromatic rings. The maximum atomic E-state index is 4.61. The zero-order valence-corrected chi connectivity index (χ0v) is 18.3. The van der Waals surface area contributed by atoms with Crippen molar-refractivity contribution in [1.29, 1.82) is 0 Å². The number of rotatable bonds is 4. The van der Waals surface area contributed by atoms with E-state index >= 15 is 0 Å². The predicted octanol–water partition coefficient (Wildman–Crippen LogP) is 3.57. The van der Waals surface area contributed by atoms with E-state index in [1.807, 2.05) is 7.05 Å². The van der Waals surface area contributed by atoms with Gasteiger partial charge < -0.3 is 15.1 Å². The van der Waals surface area contributed by atoms with Gasteiger partial charge in [-0.05, 0) is 56.5 Å². The average Bonchev–Trinajstić information content (AvgIpc) is 2.99. The van der Waals surface area contributed by atoms with Gasteiger partial charge in [0.15, 0.2) is 5.96 Å². The molecule has 4 aliphatic rings. The fourth-order valence-electron chi connectivity index (χ4n) is 5.43. The Balaban J connectivity index is 0.00000182. The van der Waals surface area contributed by atoms with E-state index < -0.39 is 0 Å². The normalized spacial score (nSPS) is 34.2. The Morgan fingerprint density at radius 2 is 1.76 bits per heavy atom. The second kappa shape index (κ2) is 9.25. The summed E-state index contributed by atoms with van der Waals surface area (Å²) >= 11 is 0. The van der Waals surface area contributed by atoms with Crippen molar-refractivity contribution in [2.45, 2.75) is 63.8 Å². The summed E-state index contributed by atoms with van der Waals surface area (Å²) in [7, 11) is 1.97. The first-order chi connectivity index (χ1) is 11.8. The summed E-state index contributed by atoms with van der Waals surface area (Å²) in [4.78, 5) is 9.81. The molecule has 2 aliphatic heterocycles. The van der Waals surface area contributed by atoms with Gasteiger partial charge in [-0.3, -0.25) is 4.99 Å². The third kappa shape index (κ3) is 5.02. The van der Waals surface area contributed by atoms with Crippen LogP contribution in [-0.2, 0) is 0 Å². The van der Waals surface area contributed by atoms with Crippen LogP contribution < -0.4 is 5.32 Å². The van der Waals surface area contributed by atoms with Gasteiger partial charge in [0.1, 0.15) is 0 Å². The molecule has 1 N–H and O–H groups in total. The number of hydrogen-bond acceptors (Lipinski definition) is 2. The molecule has 0 spiro atoms. The monoisotopic (exact) mass is 460 g/mol. The molecule has 144 valence electrons. The summed E-state index contributed by atoms with van der Waals surface area (Å²) < 4.78 is 0. The highest BCUT2D eigenvalue weighted by atomic mass is 127. The van der Waals surface area contributed by atoms with E-state index in [9.17, 15) is 0 Å². The molecule has 2 saturated carbocycles. The van der Waals surface area contributed by atoms with Crippen molar-refractivity contribution in [2.24, 2.45) is 22.7 Å². The number of nitrogens with zero attached hydrogens (tertiary/aromatic N) is 3. The van der Waals surface area contributed by atoms with E-state index in [1.165, 1.54) is 96.5 Å². The molecule has 4 fully saturated rings. The summed E-state index contributed by atoms with van der Waals surface area (Å²) in [6.07, 6.45) is 12.9. The molecule has 0 aromatic carbocycles. The Kier molecular flexibility index (Phi) is 7.29. The summed E-state index contributed by atoms with van der Waals surface area (Å²) in [6, 6.07) is 0.712. The van der Waals surface area contributed by atoms with Crippen LogP contribution in [0.25, 0.3) is 0 Å². The van der Waals surface area contributed by atoms with E-state index in [0.717, 1.165) is 17.8 Å². The van der Waals surface area contributed by atoms with Gasteiger partial charge in [0.25, 0.3) is 0 Å². The minimum Gasteiger partial charge on any atom is -0.353 e. The number of aliphatic imine (C=N–C) groups is 1. The standard InChI is InChI=1S/C20H36N4.HI/c1-21-20(22-19-13-18(19)17-7-3-2-4-8-17)24-12-9-16(15-24)14-23-10-5-6-11-23;/h16-19H,2-15H2,1H3,(H,21,22);1H. The van der Waals surface area contributed by atoms with Gasteiger partial charge in [0.2, 0.25) is 0 Å². The van der Waals surface area contributed by atoms with E-state index in [1.54, 1.807) is 0 Å². The third-order valence-corrected chi connectivity index (χ3v) is 6.92. The molecule has 25 heavy (non-hydrogen) atoms. The van der Waals surface area contributed by atoms with Crippen LogP contribution in [0.2, 0.25) is 0 Å². The molecule has 2 aliphatic carbocycles. The molecule has 0 bridgehead atoms. The van der Waals surface area contributed by atoms with Crippen LogP contribution in [0.15, 0.2) is 4.99 Å². The largest absolute Gasteiger partial charge is 0.353 e. The zero-order chi connectivity index (χ0) is 16.4. The van der Waals surface area contributed by atoms with Crippen LogP contribution >= 0.6 is 24.0 Å². The first-order valence-corrected chi connectivity index (χ1v) is 10.5. The van der Waals surface area contributed by atoms with Crippen molar-refractivity contribution >= 4 is 29.9 Å². The van der Waals surface area contributed by atoms with Crippen molar-refractivity contribution in [3.8, 4) is 0 Å².